The van der Waals surface area contributed by atoms with Gasteiger partial charge in [0, 0.05) is 17.8 Å². The number of rotatable bonds is 7. The van der Waals surface area contributed by atoms with E-state index in [4.69, 9.17) is 10.8 Å². The maximum Gasteiger partial charge on any atom is 0.0657 e. The van der Waals surface area contributed by atoms with Crippen molar-refractivity contribution in [2.45, 2.75) is 78.8 Å². The minimum atomic E-state index is 0.259. The van der Waals surface area contributed by atoms with Gasteiger partial charge >= 0.3 is 0 Å². The molecule has 0 fully saturated rings. The second-order valence-electron chi connectivity index (χ2n) is 5.15. The summed E-state index contributed by atoms with van der Waals surface area (Å²) in [6.07, 6.45) is 5.17. The van der Waals surface area contributed by atoms with Gasteiger partial charge in [0.25, 0.3) is 0 Å². The molecule has 2 unspecified atom stereocenters. The van der Waals surface area contributed by atoms with Gasteiger partial charge in [-0.1, -0.05) is 27.7 Å². The van der Waals surface area contributed by atoms with Crippen LogP contribution in [0.25, 0.3) is 0 Å². The molecule has 0 radical (unpaired) electrons. The standard InChI is InChI=1S/C15H29N3/c1-6-11(5)18-15(9-4)13(10-12(16)7-2)14(8-3)17-18/h11-12H,6-10,16H2,1-5H3. The normalized spacial score (nSPS) is 14.8. The Labute approximate surface area is 112 Å². The van der Waals surface area contributed by atoms with Crippen molar-refractivity contribution in [1.29, 1.82) is 0 Å². The Kier molecular flexibility index (Phi) is 5.86. The van der Waals surface area contributed by atoms with E-state index in [9.17, 15) is 0 Å². The molecule has 0 aromatic carbocycles. The van der Waals surface area contributed by atoms with Crippen LogP contribution in [0, 0.1) is 0 Å². The lowest BCUT2D eigenvalue weighted by Gasteiger charge is -2.15. The van der Waals surface area contributed by atoms with E-state index in [0.717, 1.165) is 32.1 Å². The summed E-state index contributed by atoms with van der Waals surface area (Å²) in [5.41, 5.74) is 10.2. The smallest absolute Gasteiger partial charge is 0.0657 e. The van der Waals surface area contributed by atoms with Crippen LogP contribution in [0.5, 0.6) is 0 Å². The summed E-state index contributed by atoms with van der Waals surface area (Å²) in [7, 11) is 0. The lowest BCUT2D eigenvalue weighted by Crippen LogP contribution is -2.22. The lowest BCUT2D eigenvalue weighted by molar-refractivity contribution is 0.457. The van der Waals surface area contributed by atoms with E-state index < -0.39 is 0 Å². The first kappa shape index (κ1) is 15.2. The second kappa shape index (κ2) is 6.93. The third-order valence-electron chi connectivity index (χ3n) is 3.87. The molecule has 1 rings (SSSR count). The first-order valence-electron chi connectivity index (χ1n) is 7.43. The Morgan fingerprint density at radius 1 is 1.11 bits per heavy atom. The van der Waals surface area contributed by atoms with Gasteiger partial charge in [-0.25, -0.2) is 0 Å². The van der Waals surface area contributed by atoms with Gasteiger partial charge in [0.15, 0.2) is 0 Å². The van der Waals surface area contributed by atoms with E-state index in [1.54, 1.807) is 0 Å². The summed E-state index contributed by atoms with van der Waals surface area (Å²) >= 11 is 0. The molecule has 3 heteroatoms. The second-order valence-corrected chi connectivity index (χ2v) is 5.15. The van der Waals surface area contributed by atoms with Crippen molar-refractivity contribution in [3.05, 3.63) is 17.0 Å². The third kappa shape index (κ3) is 3.14. The van der Waals surface area contributed by atoms with Crippen molar-refractivity contribution in [2.75, 3.05) is 0 Å². The SMILES string of the molecule is CCc1nn(C(C)CC)c(CC)c1CC(N)CC. The van der Waals surface area contributed by atoms with Crippen LogP contribution in [0.1, 0.15) is 70.5 Å². The van der Waals surface area contributed by atoms with Gasteiger partial charge in [-0.3, -0.25) is 4.68 Å². The number of nitrogens with two attached hydrogens (primary N) is 1. The molecular formula is C15H29N3. The molecule has 0 amide bonds. The van der Waals surface area contributed by atoms with Crippen LogP contribution in [-0.2, 0) is 19.3 Å². The van der Waals surface area contributed by atoms with E-state index in [1.807, 2.05) is 0 Å². The van der Waals surface area contributed by atoms with Crippen LogP contribution >= 0.6 is 0 Å². The fourth-order valence-corrected chi connectivity index (χ4v) is 2.39. The first-order valence-corrected chi connectivity index (χ1v) is 7.43. The van der Waals surface area contributed by atoms with Gasteiger partial charge < -0.3 is 5.73 Å². The number of hydrogen-bond acceptors (Lipinski definition) is 2. The van der Waals surface area contributed by atoms with Gasteiger partial charge in [-0.2, -0.15) is 5.10 Å². The maximum atomic E-state index is 6.13. The van der Waals surface area contributed by atoms with Crippen molar-refractivity contribution in [1.82, 2.24) is 9.78 Å². The molecule has 1 aromatic heterocycles. The molecule has 0 bridgehead atoms. The minimum absolute atomic E-state index is 0.259. The van der Waals surface area contributed by atoms with Crippen LogP contribution in [0.3, 0.4) is 0 Å². The van der Waals surface area contributed by atoms with Gasteiger partial charge in [0.1, 0.15) is 0 Å². The molecule has 104 valence electrons. The van der Waals surface area contributed by atoms with Crippen LogP contribution in [-0.4, -0.2) is 15.8 Å². The summed E-state index contributed by atoms with van der Waals surface area (Å²) in [5, 5.41) is 4.82. The molecule has 0 saturated carbocycles. The molecule has 1 heterocycles. The van der Waals surface area contributed by atoms with Crippen molar-refractivity contribution < 1.29 is 0 Å². The van der Waals surface area contributed by atoms with E-state index in [1.165, 1.54) is 17.0 Å². The van der Waals surface area contributed by atoms with Crippen molar-refractivity contribution >= 4 is 0 Å². The number of nitrogens with zero attached hydrogens (tertiary/aromatic N) is 2. The van der Waals surface area contributed by atoms with E-state index in [2.05, 4.69) is 39.3 Å². The van der Waals surface area contributed by atoms with Crippen molar-refractivity contribution in [3.63, 3.8) is 0 Å². The topological polar surface area (TPSA) is 43.8 Å². The molecular weight excluding hydrogens is 222 g/mol. The predicted octanol–water partition coefficient (Wildman–Crippen LogP) is 3.26. The lowest BCUT2D eigenvalue weighted by atomic mass is 10.00. The number of hydrogen-bond donors (Lipinski definition) is 1. The summed E-state index contributed by atoms with van der Waals surface area (Å²) < 4.78 is 2.23. The molecule has 0 aliphatic heterocycles. The highest BCUT2D eigenvalue weighted by Gasteiger charge is 2.19. The minimum Gasteiger partial charge on any atom is -0.327 e. The third-order valence-corrected chi connectivity index (χ3v) is 3.87. The Hall–Kier alpha value is -0.830. The van der Waals surface area contributed by atoms with Gasteiger partial charge in [0.2, 0.25) is 0 Å². The molecule has 0 aliphatic rings. The molecule has 18 heavy (non-hydrogen) atoms. The average Bonchev–Trinajstić information content (AvgIpc) is 2.75. The van der Waals surface area contributed by atoms with Crippen LogP contribution < -0.4 is 5.73 Å². The van der Waals surface area contributed by atoms with Crippen molar-refractivity contribution in [3.8, 4) is 0 Å². The summed E-state index contributed by atoms with van der Waals surface area (Å²) in [6.45, 7) is 11.0. The van der Waals surface area contributed by atoms with Crippen molar-refractivity contribution in [2.24, 2.45) is 5.73 Å². The molecule has 3 nitrogen and oxygen atoms in total. The Balaban J connectivity index is 3.16. The molecule has 0 saturated heterocycles. The monoisotopic (exact) mass is 251 g/mol. The van der Waals surface area contributed by atoms with Gasteiger partial charge in [-0.05, 0) is 44.6 Å². The summed E-state index contributed by atoms with van der Waals surface area (Å²) in [4.78, 5) is 0. The highest BCUT2D eigenvalue weighted by molar-refractivity contribution is 5.28. The van der Waals surface area contributed by atoms with Gasteiger partial charge in [0.05, 0.1) is 5.69 Å². The zero-order valence-electron chi connectivity index (χ0n) is 12.7. The largest absolute Gasteiger partial charge is 0.327 e. The summed E-state index contributed by atoms with van der Waals surface area (Å²) in [6, 6.07) is 0.743. The molecule has 1 aromatic rings. The van der Waals surface area contributed by atoms with Gasteiger partial charge in [-0.15, -0.1) is 0 Å². The molecule has 2 N–H and O–H groups in total. The maximum absolute atomic E-state index is 6.13. The first-order chi connectivity index (χ1) is 8.58. The zero-order valence-corrected chi connectivity index (χ0v) is 12.7. The number of aryl methyl sites for hydroxylation is 1. The molecule has 0 aliphatic carbocycles. The molecule has 2 atom stereocenters. The van der Waals surface area contributed by atoms with E-state index in [0.29, 0.717) is 6.04 Å². The Morgan fingerprint density at radius 3 is 2.22 bits per heavy atom. The quantitative estimate of drug-likeness (QED) is 0.808. The van der Waals surface area contributed by atoms with Crippen LogP contribution in [0.4, 0.5) is 0 Å². The van der Waals surface area contributed by atoms with Crippen LogP contribution in [0.15, 0.2) is 0 Å². The zero-order chi connectivity index (χ0) is 13.7. The fraction of sp³-hybridized carbons (Fsp3) is 0.800. The van der Waals surface area contributed by atoms with E-state index >= 15 is 0 Å². The molecule has 0 spiro atoms. The number of aromatic nitrogens is 2. The average molecular weight is 251 g/mol. The Morgan fingerprint density at radius 2 is 1.78 bits per heavy atom. The van der Waals surface area contributed by atoms with E-state index in [-0.39, 0.29) is 6.04 Å². The fourth-order valence-electron chi connectivity index (χ4n) is 2.39. The highest BCUT2D eigenvalue weighted by Crippen LogP contribution is 2.23. The van der Waals surface area contributed by atoms with Crippen LogP contribution in [0.2, 0.25) is 0 Å². The Bertz CT molecular complexity index is 368. The summed E-state index contributed by atoms with van der Waals surface area (Å²) in [5.74, 6) is 0. The predicted molar refractivity (Wildman–Crippen MR) is 78.0 cm³/mol. The highest BCUT2D eigenvalue weighted by atomic mass is 15.3.